The minimum atomic E-state index is -4.35. The van der Waals surface area contributed by atoms with Crippen LogP contribution in [0.5, 0.6) is 0 Å². The van der Waals surface area contributed by atoms with E-state index in [1.807, 2.05) is 30.3 Å². The van der Waals surface area contributed by atoms with E-state index in [1.165, 1.54) is 10.9 Å². The Morgan fingerprint density at radius 3 is 2.19 bits per heavy atom. The first-order valence-electron chi connectivity index (χ1n) is 9.77. The van der Waals surface area contributed by atoms with Gasteiger partial charge in [0.1, 0.15) is 16.7 Å². The molecule has 2 heterocycles. The molecule has 1 fully saturated rings. The van der Waals surface area contributed by atoms with Gasteiger partial charge in [-0.1, -0.05) is 48.0 Å². The van der Waals surface area contributed by atoms with E-state index in [1.54, 1.807) is 4.90 Å². The fourth-order valence-corrected chi connectivity index (χ4v) is 5.37. The molecule has 0 aliphatic carbocycles. The van der Waals surface area contributed by atoms with E-state index >= 15 is 0 Å². The van der Waals surface area contributed by atoms with E-state index in [2.05, 4.69) is 5.10 Å². The Bertz CT molecular complexity index is 1270. The fraction of sp³-hybridized carbons (Fsp3) is 0.238. The Kier molecular flexibility index (Phi) is 6.27. The molecule has 0 spiro atoms. The maximum atomic E-state index is 14.0. The molecule has 2 aromatic carbocycles. The molecular weight excluding hydrogens is 462 g/mol. The largest absolute Gasteiger partial charge is 0.366 e. The molecule has 0 radical (unpaired) electrons. The highest BCUT2D eigenvalue weighted by molar-refractivity contribution is 7.89. The predicted octanol–water partition coefficient (Wildman–Crippen LogP) is 2.73. The van der Waals surface area contributed by atoms with Gasteiger partial charge in [-0.2, -0.15) is 9.40 Å². The summed E-state index contributed by atoms with van der Waals surface area (Å²) in [6, 6.07) is 12.2. The quantitative estimate of drug-likeness (QED) is 0.561. The summed E-state index contributed by atoms with van der Waals surface area (Å²) in [6.07, 6.45) is 1.47. The molecule has 168 valence electrons. The molecular formula is C21H19ClF2N4O3S. The topological polar surface area (TPSA) is 75.5 Å². The van der Waals surface area contributed by atoms with Crippen molar-refractivity contribution in [2.45, 2.75) is 11.4 Å². The first-order chi connectivity index (χ1) is 15.3. The van der Waals surface area contributed by atoms with E-state index in [4.69, 9.17) is 11.6 Å². The van der Waals surface area contributed by atoms with Crippen molar-refractivity contribution in [3.8, 4) is 0 Å². The van der Waals surface area contributed by atoms with Crippen LogP contribution < -0.4 is 10.5 Å². The van der Waals surface area contributed by atoms with Gasteiger partial charge in [0.25, 0.3) is 5.56 Å². The predicted molar refractivity (Wildman–Crippen MR) is 116 cm³/mol. The molecule has 0 atom stereocenters. The highest BCUT2D eigenvalue weighted by Gasteiger charge is 2.33. The van der Waals surface area contributed by atoms with Crippen LogP contribution in [0, 0.1) is 11.6 Å². The second kappa shape index (κ2) is 8.97. The Balaban J connectivity index is 1.51. The average molecular weight is 481 g/mol. The van der Waals surface area contributed by atoms with Crippen LogP contribution in [0.25, 0.3) is 0 Å². The number of aromatic nitrogens is 2. The minimum absolute atomic E-state index is 0.0209. The summed E-state index contributed by atoms with van der Waals surface area (Å²) in [4.78, 5) is 13.4. The van der Waals surface area contributed by atoms with Gasteiger partial charge in [-0.3, -0.25) is 4.79 Å². The van der Waals surface area contributed by atoms with Gasteiger partial charge in [0.05, 0.1) is 18.4 Å². The number of sulfonamides is 1. The minimum Gasteiger partial charge on any atom is -0.366 e. The SMILES string of the molecule is O=c1c(Cl)c(N2CCN(S(=O)(=O)c3c(F)cccc3F)CC2)cnn1Cc1ccccc1. The van der Waals surface area contributed by atoms with Gasteiger partial charge >= 0.3 is 0 Å². The number of halogens is 3. The van der Waals surface area contributed by atoms with Crippen LogP contribution in [0.2, 0.25) is 5.02 Å². The van der Waals surface area contributed by atoms with Gasteiger partial charge in [-0.25, -0.2) is 21.9 Å². The van der Waals surface area contributed by atoms with Crippen LogP contribution in [0.15, 0.2) is 64.4 Å². The van der Waals surface area contributed by atoms with Gasteiger partial charge in [-0.05, 0) is 17.7 Å². The fourth-order valence-electron chi connectivity index (χ4n) is 3.57. The van der Waals surface area contributed by atoms with Crippen LogP contribution in [-0.4, -0.2) is 48.7 Å². The van der Waals surface area contributed by atoms with Crippen molar-refractivity contribution in [1.29, 1.82) is 0 Å². The van der Waals surface area contributed by atoms with Gasteiger partial charge < -0.3 is 4.90 Å². The van der Waals surface area contributed by atoms with Crippen LogP contribution in [0.1, 0.15) is 5.56 Å². The summed E-state index contributed by atoms with van der Waals surface area (Å²) in [5.74, 6) is -2.27. The Labute approximate surface area is 188 Å². The lowest BCUT2D eigenvalue weighted by Crippen LogP contribution is -2.49. The molecule has 0 bridgehead atoms. The zero-order chi connectivity index (χ0) is 22.9. The van der Waals surface area contributed by atoms with Crippen LogP contribution in [0.4, 0.5) is 14.5 Å². The third kappa shape index (κ3) is 4.25. The lowest BCUT2D eigenvalue weighted by molar-refractivity contribution is 0.378. The van der Waals surface area contributed by atoms with E-state index in [9.17, 15) is 22.0 Å². The molecule has 0 N–H and O–H groups in total. The molecule has 1 aliphatic rings. The van der Waals surface area contributed by atoms with Crippen molar-refractivity contribution in [3.63, 3.8) is 0 Å². The lowest BCUT2D eigenvalue weighted by Gasteiger charge is -2.35. The lowest BCUT2D eigenvalue weighted by atomic mass is 10.2. The van der Waals surface area contributed by atoms with Crippen LogP contribution in [-0.2, 0) is 16.6 Å². The summed E-state index contributed by atoms with van der Waals surface area (Å²) in [5, 5.41) is 4.17. The number of nitrogens with zero attached hydrogens (tertiary/aromatic N) is 4. The number of benzene rings is 2. The molecule has 1 aliphatic heterocycles. The van der Waals surface area contributed by atoms with Crippen molar-refractivity contribution in [2.75, 3.05) is 31.1 Å². The molecule has 32 heavy (non-hydrogen) atoms. The van der Waals surface area contributed by atoms with E-state index in [0.29, 0.717) is 5.69 Å². The summed E-state index contributed by atoms with van der Waals surface area (Å²) in [6.45, 7) is 0.566. The van der Waals surface area contributed by atoms with Gasteiger partial charge in [0.15, 0.2) is 4.90 Å². The summed E-state index contributed by atoms with van der Waals surface area (Å²) < 4.78 is 55.8. The number of hydrogen-bond donors (Lipinski definition) is 0. The smallest absolute Gasteiger partial charge is 0.287 e. The molecule has 0 unspecified atom stereocenters. The van der Waals surface area contributed by atoms with E-state index < -0.39 is 32.1 Å². The molecule has 1 aromatic heterocycles. The van der Waals surface area contributed by atoms with E-state index in [0.717, 1.165) is 28.1 Å². The number of anilines is 1. The monoisotopic (exact) mass is 480 g/mol. The standard InChI is InChI=1S/C21H19ClF2N4O3S/c22-19-18(13-25-28(21(19)29)14-15-5-2-1-3-6-15)26-9-11-27(12-10-26)32(30,31)20-16(23)7-4-8-17(20)24/h1-8,13H,9-12,14H2. The van der Waals surface area contributed by atoms with E-state index in [-0.39, 0.29) is 37.7 Å². The molecule has 4 rings (SSSR count). The Morgan fingerprint density at radius 1 is 0.938 bits per heavy atom. The molecule has 0 saturated carbocycles. The van der Waals surface area contributed by atoms with Gasteiger partial charge in [0.2, 0.25) is 10.0 Å². The zero-order valence-corrected chi connectivity index (χ0v) is 18.4. The van der Waals surface area contributed by atoms with Crippen molar-refractivity contribution >= 4 is 27.3 Å². The average Bonchev–Trinajstić information content (AvgIpc) is 2.78. The second-order valence-electron chi connectivity index (χ2n) is 7.23. The van der Waals surface area contributed by atoms with Gasteiger partial charge in [0, 0.05) is 26.2 Å². The van der Waals surface area contributed by atoms with Crippen molar-refractivity contribution < 1.29 is 17.2 Å². The second-order valence-corrected chi connectivity index (χ2v) is 9.49. The molecule has 0 amide bonds. The maximum absolute atomic E-state index is 14.0. The third-order valence-electron chi connectivity index (χ3n) is 5.24. The Hall–Kier alpha value is -2.82. The van der Waals surface area contributed by atoms with Crippen LogP contribution >= 0.6 is 11.6 Å². The number of hydrogen-bond acceptors (Lipinski definition) is 5. The van der Waals surface area contributed by atoms with Crippen molar-refractivity contribution in [1.82, 2.24) is 14.1 Å². The number of piperazine rings is 1. The van der Waals surface area contributed by atoms with Crippen molar-refractivity contribution in [2.24, 2.45) is 0 Å². The molecule has 11 heteroatoms. The third-order valence-corrected chi connectivity index (χ3v) is 7.54. The first-order valence-corrected chi connectivity index (χ1v) is 11.6. The molecule has 3 aromatic rings. The van der Waals surface area contributed by atoms with Gasteiger partial charge in [-0.15, -0.1) is 0 Å². The normalized spacial score (nSPS) is 15.2. The molecule has 7 nitrogen and oxygen atoms in total. The first kappa shape index (κ1) is 22.4. The Morgan fingerprint density at radius 2 is 1.56 bits per heavy atom. The highest BCUT2D eigenvalue weighted by Crippen LogP contribution is 2.26. The number of rotatable bonds is 5. The van der Waals surface area contributed by atoms with Crippen molar-refractivity contribution in [3.05, 3.63) is 87.3 Å². The maximum Gasteiger partial charge on any atom is 0.287 e. The molecule has 1 saturated heterocycles. The zero-order valence-electron chi connectivity index (χ0n) is 16.8. The summed E-state index contributed by atoms with van der Waals surface area (Å²) in [7, 11) is -4.35. The highest BCUT2D eigenvalue weighted by atomic mass is 35.5. The van der Waals surface area contributed by atoms with Crippen LogP contribution in [0.3, 0.4) is 0 Å². The summed E-state index contributed by atoms with van der Waals surface area (Å²) in [5.41, 5.74) is 0.816. The summed E-state index contributed by atoms with van der Waals surface area (Å²) >= 11 is 6.32.